The maximum Gasteiger partial charge on any atom is 0.310 e. The van der Waals surface area contributed by atoms with Crippen molar-refractivity contribution in [1.82, 2.24) is 9.80 Å². The second kappa shape index (κ2) is 7.57. The summed E-state index contributed by atoms with van der Waals surface area (Å²) in [5.74, 6) is -1.19. The van der Waals surface area contributed by atoms with E-state index < -0.39 is 27.1 Å². The number of nitrogens with zero attached hydrogens (tertiary/aromatic N) is 3. The molecule has 2 aromatic rings. The van der Waals surface area contributed by atoms with Crippen LogP contribution in [0.3, 0.4) is 0 Å². The maximum absolute atomic E-state index is 12.9. The highest BCUT2D eigenvalue weighted by Crippen LogP contribution is 3.02. The van der Waals surface area contributed by atoms with Crippen molar-refractivity contribution >= 4 is 33.6 Å². The lowest BCUT2D eigenvalue weighted by Crippen LogP contribution is -2.36. The summed E-state index contributed by atoms with van der Waals surface area (Å²) in [4.78, 5) is 39.7. The summed E-state index contributed by atoms with van der Waals surface area (Å²) in [6.07, 6.45) is -0.824. The largest absolute Gasteiger partial charge is 0.481 e. The lowest BCUT2D eigenvalue weighted by molar-refractivity contribution is -0.129. The first kappa shape index (κ1) is 24.8. The Morgan fingerprint density at radius 3 is 2.31 bits per heavy atom. The minimum atomic E-state index is -9.80. The van der Waals surface area contributed by atoms with Crippen molar-refractivity contribution in [3.8, 4) is 5.75 Å². The molecular formula is C22H22F5N3O4S. The molecule has 1 saturated heterocycles. The van der Waals surface area contributed by atoms with Gasteiger partial charge in [0.2, 0.25) is 5.91 Å². The summed E-state index contributed by atoms with van der Waals surface area (Å²) < 4.78 is 69.9. The topological polar surface area (TPSA) is 70.2 Å². The minimum absolute atomic E-state index is 0.0742. The van der Waals surface area contributed by atoms with Crippen LogP contribution in [0.15, 0.2) is 47.4 Å². The summed E-state index contributed by atoms with van der Waals surface area (Å²) in [5.41, 5.74) is 1.52. The molecule has 0 bridgehead atoms. The third-order valence-electron chi connectivity index (χ3n) is 5.81. The number of hydrogen-bond acceptors (Lipinski definition) is 4. The Labute approximate surface area is 197 Å². The molecule has 0 aliphatic carbocycles. The lowest BCUT2D eigenvalue weighted by atomic mass is 10.1. The molecule has 3 amide bonds. The van der Waals surface area contributed by atoms with E-state index in [1.165, 1.54) is 14.7 Å². The predicted molar refractivity (Wildman–Crippen MR) is 119 cm³/mol. The van der Waals surface area contributed by atoms with E-state index in [4.69, 9.17) is 4.74 Å². The van der Waals surface area contributed by atoms with Gasteiger partial charge in [-0.3, -0.25) is 14.4 Å². The first-order valence-electron chi connectivity index (χ1n) is 10.5. The highest BCUT2D eigenvalue weighted by Gasteiger charge is 2.65. The summed E-state index contributed by atoms with van der Waals surface area (Å²) in [5, 5.41) is 0. The molecule has 13 heteroatoms. The van der Waals surface area contributed by atoms with Gasteiger partial charge in [0.05, 0.1) is 0 Å². The number of fused-ring (bicyclic) bond motifs is 1. The number of hydrogen-bond donors (Lipinski definition) is 0. The summed E-state index contributed by atoms with van der Waals surface area (Å²) in [6.45, 7) is 0.417. The van der Waals surface area contributed by atoms with E-state index in [0.29, 0.717) is 16.8 Å². The van der Waals surface area contributed by atoms with Crippen LogP contribution in [0.2, 0.25) is 0 Å². The molecule has 0 N–H and O–H groups in total. The van der Waals surface area contributed by atoms with Gasteiger partial charge in [0, 0.05) is 44.9 Å². The minimum Gasteiger partial charge on any atom is -0.481 e. The Bertz CT molecular complexity index is 1220. The smallest absolute Gasteiger partial charge is 0.310 e. The Morgan fingerprint density at radius 2 is 1.71 bits per heavy atom. The van der Waals surface area contributed by atoms with Gasteiger partial charge < -0.3 is 19.4 Å². The highest BCUT2D eigenvalue weighted by molar-refractivity contribution is 8.45. The first-order chi connectivity index (χ1) is 16.0. The molecule has 1 fully saturated rings. The molecule has 0 unspecified atom stereocenters. The average molecular weight is 519 g/mol. The number of likely N-dealkylation sites (N-methyl/N-ethyl adjacent to an activating group) is 1. The zero-order valence-electron chi connectivity index (χ0n) is 18.7. The molecule has 0 radical (unpaired) electrons. The van der Waals surface area contributed by atoms with Crippen molar-refractivity contribution in [3.05, 3.63) is 53.6 Å². The van der Waals surface area contributed by atoms with Gasteiger partial charge in [-0.2, -0.15) is 0 Å². The molecule has 2 aliphatic heterocycles. The second-order valence-corrected chi connectivity index (χ2v) is 11.0. The van der Waals surface area contributed by atoms with Gasteiger partial charge in [-0.1, -0.05) is 25.5 Å². The van der Waals surface area contributed by atoms with E-state index >= 15 is 0 Å². The molecule has 2 heterocycles. The highest BCUT2D eigenvalue weighted by atomic mass is 32.5. The Hall–Kier alpha value is -3.35. The predicted octanol–water partition coefficient (Wildman–Crippen LogP) is 4.57. The maximum atomic E-state index is 12.9. The number of ether oxygens (including phenoxy) is 1. The fourth-order valence-corrected chi connectivity index (χ4v) is 4.56. The number of rotatable bonds is 6. The van der Waals surface area contributed by atoms with E-state index in [9.17, 15) is 33.8 Å². The third-order valence-corrected chi connectivity index (χ3v) is 6.98. The van der Waals surface area contributed by atoms with Crippen LogP contribution in [-0.2, 0) is 16.1 Å². The van der Waals surface area contributed by atoms with Crippen LogP contribution < -0.4 is 9.64 Å². The Balaban J connectivity index is 1.45. The number of carbonyl (C=O) groups is 3. The van der Waals surface area contributed by atoms with Crippen LogP contribution in [0.5, 0.6) is 5.75 Å². The second-order valence-electron chi connectivity index (χ2n) is 8.62. The molecule has 190 valence electrons. The van der Waals surface area contributed by atoms with E-state index in [1.54, 1.807) is 32.3 Å². The molecule has 0 aromatic heterocycles. The van der Waals surface area contributed by atoms with Gasteiger partial charge >= 0.3 is 10.2 Å². The molecule has 4 rings (SSSR count). The van der Waals surface area contributed by atoms with E-state index in [1.807, 2.05) is 0 Å². The van der Waals surface area contributed by atoms with Gasteiger partial charge in [-0.25, -0.2) is 0 Å². The van der Waals surface area contributed by atoms with Crippen molar-refractivity contribution in [3.63, 3.8) is 0 Å². The van der Waals surface area contributed by atoms with Gasteiger partial charge in [0.25, 0.3) is 11.8 Å². The number of anilines is 1. The summed E-state index contributed by atoms with van der Waals surface area (Å²) >= 11 is 0. The number of halogens is 5. The Kier molecular flexibility index (Phi) is 5.36. The first-order valence-corrected chi connectivity index (χ1v) is 12.4. The molecule has 2 aliphatic rings. The standard InChI is InChI=1S/C22H22F5N3O4S/c1-28(2)20(31)13-29-12-14-3-4-15(11-18(14)21(29)32)30-10-9-19(22(30)33)34-16-5-7-17(8-6-16)35(23,24,25,26)27/h3-8,11,19H,9-10,12-13H2,1-2H3/t19-/m1/s1. The van der Waals surface area contributed by atoms with Crippen molar-refractivity contribution < 1.29 is 38.5 Å². The van der Waals surface area contributed by atoms with E-state index in [-0.39, 0.29) is 55.8 Å². The number of benzene rings is 2. The quantitative estimate of drug-likeness (QED) is 0.525. The van der Waals surface area contributed by atoms with Crippen LogP contribution >= 0.6 is 10.2 Å². The fraction of sp³-hybridized carbons (Fsp3) is 0.318. The zero-order valence-corrected chi connectivity index (χ0v) is 19.5. The molecule has 0 spiro atoms. The molecule has 0 saturated carbocycles. The van der Waals surface area contributed by atoms with Gasteiger partial charge in [-0.15, -0.1) is 0 Å². The monoisotopic (exact) mass is 519 g/mol. The van der Waals surface area contributed by atoms with Crippen LogP contribution in [-0.4, -0.2) is 60.8 Å². The lowest BCUT2D eigenvalue weighted by Gasteiger charge is -2.40. The van der Waals surface area contributed by atoms with Crippen molar-refractivity contribution in [2.24, 2.45) is 0 Å². The van der Waals surface area contributed by atoms with E-state index in [2.05, 4.69) is 0 Å². The molecular weight excluding hydrogens is 497 g/mol. The molecule has 7 nitrogen and oxygen atoms in total. The molecule has 1 atom stereocenters. The van der Waals surface area contributed by atoms with Crippen LogP contribution in [0.25, 0.3) is 0 Å². The van der Waals surface area contributed by atoms with Gasteiger partial charge in [0.15, 0.2) is 6.10 Å². The normalized spacial score (nSPS) is 19.9. The zero-order chi connectivity index (χ0) is 25.8. The Morgan fingerprint density at radius 1 is 1.06 bits per heavy atom. The van der Waals surface area contributed by atoms with Crippen molar-refractivity contribution in [1.29, 1.82) is 0 Å². The molecule has 2 aromatic carbocycles. The summed E-state index contributed by atoms with van der Waals surface area (Å²) in [7, 11) is -6.62. The van der Waals surface area contributed by atoms with Gasteiger partial charge in [0.1, 0.15) is 17.2 Å². The molecule has 35 heavy (non-hydrogen) atoms. The fourth-order valence-electron chi connectivity index (χ4n) is 3.91. The van der Waals surface area contributed by atoms with Crippen LogP contribution in [0.4, 0.5) is 25.1 Å². The third kappa shape index (κ3) is 5.04. The van der Waals surface area contributed by atoms with Crippen molar-refractivity contribution in [2.45, 2.75) is 24.0 Å². The SMILES string of the molecule is CN(C)C(=O)CN1Cc2ccc(N3CC[C@@H](Oc4ccc(S(F)(F)(F)(F)F)cc4)C3=O)cc2C1=O. The van der Waals surface area contributed by atoms with Crippen LogP contribution in [0.1, 0.15) is 22.3 Å². The summed E-state index contributed by atoms with van der Waals surface area (Å²) in [6, 6.07) is 6.87. The average Bonchev–Trinajstić information content (AvgIpc) is 3.26. The van der Waals surface area contributed by atoms with Crippen LogP contribution in [0, 0.1) is 0 Å². The van der Waals surface area contributed by atoms with E-state index in [0.717, 1.165) is 12.1 Å². The number of amides is 3. The number of carbonyl (C=O) groups excluding carboxylic acids is 3. The van der Waals surface area contributed by atoms with Crippen molar-refractivity contribution in [2.75, 3.05) is 32.1 Å². The van der Waals surface area contributed by atoms with Gasteiger partial charge in [-0.05, 0) is 42.0 Å².